The number of benzene rings is 1. The fourth-order valence-corrected chi connectivity index (χ4v) is 4.52. The van der Waals surface area contributed by atoms with Crippen LogP contribution in [0.15, 0.2) is 30.3 Å². The Balaban J connectivity index is 2.09. The third-order valence-electron chi connectivity index (χ3n) is 4.24. The summed E-state index contributed by atoms with van der Waals surface area (Å²) >= 11 is 1.95. The van der Waals surface area contributed by atoms with Gasteiger partial charge in [-0.05, 0) is 37.1 Å². The van der Waals surface area contributed by atoms with E-state index in [1.807, 2.05) is 49.0 Å². The van der Waals surface area contributed by atoms with Gasteiger partial charge in [-0.2, -0.15) is 11.8 Å². The van der Waals surface area contributed by atoms with E-state index in [9.17, 15) is 9.90 Å². The van der Waals surface area contributed by atoms with Gasteiger partial charge in [0.15, 0.2) is 0 Å². The minimum absolute atomic E-state index is 0.626. The Bertz CT molecular complexity index is 445. The first-order valence-electron chi connectivity index (χ1n) is 7.84. The molecule has 2 rings (SSSR count). The maximum absolute atomic E-state index is 12.0. The molecule has 1 aliphatic rings. The van der Waals surface area contributed by atoms with Gasteiger partial charge in [0.1, 0.15) is 5.54 Å². The van der Waals surface area contributed by atoms with Crippen molar-refractivity contribution in [3.63, 3.8) is 0 Å². The van der Waals surface area contributed by atoms with E-state index in [1.165, 1.54) is 25.7 Å². The van der Waals surface area contributed by atoms with Crippen molar-refractivity contribution in [1.82, 2.24) is 5.32 Å². The maximum atomic E-state index is 12.0. The number of likely N-dealkylation sites (N-methyl/N-ethyl adjacent to an activating group) is 1. The Kier molecular flexibility index (Phi) is 6.12. The zero-order valence-corrected chi connectivity index (χ0v) is 13.5. The first-order valence-corrected chi connectivity index (χ1v) is 8.89. The smallest absolute Gasteiger partial charge is 0.328 e. The van der Waals surface area contributed by atoms with Crippen LogP contribution in [-0.4, -0.2) is 28.6 Å². The third kappa shape index (κ3) is 4.01. The van der Waals surface area contributed by atoms with Crippen LogP contribution < -0.4 is 5.32 Å². The Morgan fingerprint density at radius 1 is 1.33 bits per heavy atom. The molecule has 0 bridgehead atoms. The Morgan fingerprint density at radius 3 is 2.57 bits per heavy atom. The van der Waals surface area contributed by atoms with Crippen molar-refractivity contribution < 1.29 is 9.90 Å². The van der Waals surface area contributed by atoms with Crippen LogP contribution >= 0.6 is 11.8 Å². The van der Waals surface area contributed by atoms with E-state index < -0.39 is 11.5 Å². The summed E-state index contributed by atoms with van der Waals surface area (Å²) in [5, 5.41) is 13.8. The largest absolute Gasteiger partial charge is 0.480 e. The summed E-state index contributed by atoms with van der Waals surface area (Å²) in [6, 6.07) is 9.58. The van der Waals surface area contributed by atoms with Crippen LogP contribution in [0, 0.1) is 0 Å². The monoisotopic (exact) mass is 307 g/mol. The summed E-state index contributed by atoms with van der Waals surface area (Å²) in [5.74, 6) is 0.112. The minimum Gasteiger partial charge on any atom is -0.480 e. The van der Waals surface area contributed by atoms with Crippen molar-refractivity contribution >= 4 is 17.7 Å². The first kappa shape index (κ1) is 16.4. The van der Waals surface area contributed by atoms with Crippen LogP contribution in [0.4, 0.5) is 0 Å². The highest BCUT2D eigenvalue weighted by Crippen LogP contribution is 2.33. The van der Waals surface area contributed by atoms with Crippen molar-refractivity contribution in [2.24, 2.45) is 0 Å². The number of carboxylic acids is 1. The number of rotatable bonds is 8. The first-order chi connectivity index (χ1) is 10.2. The average molecular weight is 307 g/mol. The summed E-state index contributed by atoms with van der Waals surface area (Å²) in [4.78, 5) is 12.0. The lowest BCUT2D eigenvalue weighted by Crippen LogP contribution is -2.49. The highest BCUT2D eigenvalue weighted by Gasteiger charge is 2.39. The van der Waals surface area contributed by atoms with Gasteiger partial charge < -0.3 is 5.11 Å². The molecule has 4 heteroatoms. The van der Waals surface area contributed by atoms with E-state index in [0.29, 0.717) is 13.0 Å². The molecule has 1 aromatic carbocycles. The zero-order valence-electron chi connectivity index (χ0n) is 12.7. The second-order valence-electron chi connectivity index (χ2n) is 5.63. The van der Waals surface area contributed by atoms with Crippen LogP contribution in [0.5, 0.6) is 0 Å². The van der Waals surface area contributed by atoms with Gasteiger partial charge in [0, 0.05) is 5.25 Å². The fraction of sp³-hybridized carbons (Fsp3) is 0.588. The second kappa shape index (κ2) is 7.85. The Labute approximate surface area is 131 Å². The minimum atomic E-state index is -0.957. The van der Waals surface area contributed by atoms with Crippen LogP contribution in [0.3, 0.4) is 0 Å². The molecule has 1 unspecified atom stereocenters. The lowest BCUT2D eigenvalue weighted by atomic mass is 9.87. The summed E-state index contributed by atoms with van der Waals surface area (Å²) in [7, 11) is 0. The number of hydrogen-bond donors (Lipinski definition) is 2. The lowest BCUT2D eigenvalue weighted by Gasteiger charge is -2.31. The van der Waals surface area contributed by atoms with Crippen LogP contribution in [0.1, 0.15) is 44.6 Å². The third-order valence-corrected chi connectivity index (χ3v) is 5.63. The number of carboxylic acid groups (broad SMARTS) is 1. The standard InChI is InChI=1S/C17H25NO2S/c1-2-18-17(16(19)20,14-8-4-3-5-9-14)12-13-21-15-10-6-7-11-15/h3-5,8-9,15,18H,2,6-7,10-13H2,1H3,(H,19,20). The van der Waals surface area contributed by atoms with Crippen molar-refractivity contribution in [3.8, 4) is 0 Å². The van der Waals surface area contributed by atoms with E-state index in [1.54, 1.807) is 0 Å². The van der Waals surface area contributed by atoms with E-state index in [2.05, 4.69) is 5.32 Å². The molecule has 0 spiro atoms. The van der Waals surface area contributed by atoms with Crippen LogP contribution in [0.25, 0.3) is 0 Å². The van der Waals surface area contributed by atoms with E-state index in [4.69, 9.17) is 0 Å². The van der Waals surface area contributed by atoms with Crippen molar-refractivity contribution in [3.05, 3.63) is 35.9 Å². The molecule has 116 valence electrons. The lowest BCUT2D eigenvalue weighted by molar-refractivity contribution is -0.145. The van der Waals surface area contributed by atoms with Gasteiger partial charge >= 0.3 is 5.97 Å². The normalized spacial score (nSPS) is 18.5. The Hall–Kier alpha value is -1.00. The molecule has 3 nitrogen and oxygen atoms in total. The molecule has 1 aromatic rings. The van der Waals surface area contributed by atoms with Crippen molar-refractivity contribution in [2.45, 2.75) is 49.8 Å². The molecule has 0 aromatic heterocycles. The van der Waals surface area contributed by atoms with Gasteiger partial charge in [0.25, 0.3) is 0 Å². The average Bonchev–Trinajstić information content (AvgIpc) is 3.00. The van der Waals surface area contributed by atoms with Crippen molar-refractivity contribution in [2.75, 3.05) is 12.3 Å². The number of nitrogens with one attached hydrogen (secondary N) is 1. The SMILES string of the molecule is CCNC(CCSC1CCCC1)(C(=O)O)c1ccccc1. The molecule has 1 fully saturated rings. The highest BCUT2D eigenvalue weighted by atomic mass is 32.2. The summed E-state index contributed by atoms with van der Waals surface area (Å²) in [6.45, 7) is 2.61. The molecule has 0 heterocycles. The number of aliphatic carboxylic acids is 1. The van der Waals surface area contributed by atoms with Crippen LogP contribution in [0.2, 0.25) is 0 Å². The topological polar surface area (TPSA) is 49.3 Å². The van der Waals surface area contributed by atoms with E-state index in [0.717, 1.165) is 16.6 Å². The van der Waals surface area contributed by atoms with Crippen molar-refractivity contribution in [1.29, 1.82) is 0 Å². The van der Waals surface area contributed by atoms with Gasteiger partial charge in [-0.3, -0.25) is 5.32 Å². The predicted octanol–water partition coefficient (Wildman–Crippen LogP) is 3.64. The van der Waals surface area contributed by atoms with Gasteiger partial charge in [-0.25, -0.2) is 4.79 Å². The van der Waals surface area contributed by atoms with Gasteiger partial charge in [-0.15, -0.1) is 0 Å². The predicted molar refractivity (Wildman–Crippen MR) is 88.8 cm³/mol. The summed E-state index contributed by atoms with van der Waals surface area (Å²) < 4.78 is 0. The second-order valence-corrected chi connectivity index (χ2v) is 7.04. The molecule has 1 saturated carbocycles. The molecule has 1 aliphatic carbocycles. The maximum Gasteiger partial charge on any atom is 0.328 e. The Morgan fingerprint density at radius 2 is 2.00 bits per heavy atom. The van der Waals surface area contributed by atoms with Gasteiger partial charge in [0.2, 0.25) is 0 Å². The summed E-state index contributed by atoms with van der Waals surface area (Å²) in [5.41, 5.74) is -0.104. The molecular weight excluding hydrogens is 282 g/mol. The molecular formula is C17H25NO2S. The number of hydrogen-bond acceptors (Lipinski definition) is 3. The molecule has 2 N–H and O–H groups in total. The van der Waals surface area contributed by atoms with E-state index >= 15 is 0 Å². The number of thioether (sulfide) groups is 1. The zero-order chi connectivity index (χ0) is 15.1. The molecule has 1 atom stereocenters. The highest BCUT2D eigenvalue weighted by molar-refractivity contribution is 7.99. The summed E-state index contributed by atoms with van der Waals surface area (Å²) in [6.07, 6.45) is 5.86. The molecule has 0 radical (unpaired) electrons. The molecule has 0 amide bonds. The van der Waals surface area contributed by atoms with Gasteiger partial charge in [0.05, 0.1) is 0 Å². The fourth-order valence-electron chi connectivity index (χ4n) is 3.10. The van der Waals surface area contributed by atoms with E-state index in [-0.39, 0.29) is 0 Å². The molecule has 0 aliphatic heterocycles. The quantitative estimate of drug-likeness (QED) is 0.770. The molecule has 21 heavy (non-hydrogen) atoms. The van der Waals surface area contributed by atoms with Crippen LogP contribution in [-0.2, 0) is 10.3 Å². The molecule has 0 saturated heterocycles. The number of carbonyl (C=O) groups is 1. The van der Waals surface area contributed by atoms with Gasteiger partial charge in [-0.1, -0.05) is 50.1 Å².